The highest BCUT2D eigenvalue weighted by atomic mass is 16.7. The molecule has 2 saturated carbocycles. The van der Waals surface area contributed by atoms with Gasteiger partial charge in [0.15, 0.2) is 23.9 Å². The number of aromatic nitrogens is 2. The molecule has 13 atom stereocenters. The number of esters is 7. The Hall–Kier alpha value is -5.53. The third kappa shape index (κ3) is 6.87. The zero-order valence-electron chi connectivity index (χ0n) is 33.6. The average Bonchev–Trinajstić information content (AvgIpc) is 3.39. The van der Waals surface area contributed by atoms with E-state index in [0.29, 0.717) is 0 Å². The third-order valence-corrected chi connectivity index (χ3v) is 12.0. The maximum atomic E-state index is 14.4. The Morgan fingerprint density at radius 1 is 0.847 bits per heavy atom. The maximum Gasteiger partial charge on any atom is 0.340 e. The largest absolute Gasteiger partial charge is 0.465 e. The molecule has 3 fully saturated rings. The van der Waals surface area contributed by atoms with Crippen molar-refractivity contribution in [3.63, 3.8) is 0 Å². The van der Waals surface area contributed by atoms with E-state index in [9.17, 15) is 43.8 Å². The lowest BCUT2D eigenvalue weighted by Crippen LogP contribution is -2.89. The van der Waals surface area contributed by atoms with Crippen molar-refractivity contribution < 1.29 is 81.7 Å². The van der Waals surface area contributed by atoms with Gasteiger partial charge in [-0.2, -0.15) is 0 Å². The van der Waals surface area contributed by atoms with Gasteiger partial charge in [0, 0.05) is 52.2 Å². The van der Waals surface area contributed by atoms with Crippen LogP contribution in [0.25, 0.3) is 0 Å². The standard InChI is InChI=1S/C40H46N2O17/c1-18-19(2)34(48)58-32-29(54-21(4)44)33(56-23(6)46)39(17-52-20(3)43)30(47)28(57-35(49)24-11-9-13-41-15-24)26-31(55-22(5)45)40(39,38(32,8)51)59-37(26,7)16-53-36(50)25-12-10-14-42-27(18)25/h9-15,18-19,26,28-33,47,51H,16-17H2,1-8H3/t18-,19-,26+,28+,29-,30+,31+,32-,33-,37-,38-,39+,40-/m0/s1. The van der Waals surface area contributed by atoms with Gasteiger partial charge in [-0.3, -0.25) is 33.9 Å². The minimum absolute atomic E-state index is 0.0420. The molecule has 2 aromatic rings. The van der Waals surface area contributed by atoms with E-state index in [-0.39, 0.29) is 16.8 Å². The van der Waals surface area contributed by atoms with Crippen LogP contribution in [0.5, 0.6) is 0 Å². The molecule has 59 heavy (non-hydrogen) atoms. The molecule has 19 nitrogen and oxygen atoms in total. The van der Waals surface area contributed by atoms with Crippen LogP contribution in [0.1, 0.15) is 87.7 Å². The van der Waals surface area contributed by atoms with Gasteiger partial charge in [0.05, 0.1) is 28.7 Å². The van der Waals surface area contributed by atoms with E-state index in [0.717, 1.165) is 34.6 Å². The number of ether oxygens (including phenoxy) is 8. The molecule has 0 unspecified atom stereocenters. The Bertz CT molecular complexity index is 2040. The quantitative estimate of drug-likeness (QED) is 0.293. The number of hydrogen-bond acceptors (Lipinski definition) is 19. The highest BCUT2D eigenvalue weighted by Crippen LogP contribution is 2.69. The summed E-state index contributed by atoms with van der Waals surface area (Å²) in [5, 5.41) is 26.4. The molecular weight excluding hydrogens is 780 g/mol. The molecule has 2 N–H and O–H groups in total. The Labute approximate surface area is 337 Å². The van der Waals surface area contributed by atoms with Crippen LogP contribution in [0, 0.1) is 17.3 Å². The second-order valence-corrected chi connectivity index (χ2v) is 15.8. The molecule has 1 spiro atoms. The van der Waals surface area contributed by atoms with Crippen LogP contribution in [-0.2, 0) is 61.9 Å². The van der Waals surface area contributed by atoms with Gasteiger partial charge in [0.2, 0.25) is 0 Å². The van der Waals surface area contributed by atoms with E-state index >= 15 is 0 Å². The molecule has 19 heteroatoms. The van der Waals surface area contributed by atoms with Gasteiger partial charge in [-0.1, -0.05) is 13.8 Å². The number of carbonyl (C=O) groups is 7. The molecule has 2 aliphatic carbocycles. The number of cyclic esters (lactones) is 1. The predicted molar refractivity (Wildman–Crippen MR) is 193 cm³/mol. The van der Waals surface area contributed by atoms with Crippen molar-refractivity contribution in [1.29, 1.82) is 0 Å². The van der Waals surface area contributed by atoms with Gasteiger partial charge in [0.25, 0.3) is 0 Å². The average molecular weight is 827 g/mol. The summed E-state index contributed by atoms with van der Waals surface area (Å²) in [5.41, 5.74) is -10.3. The topological polar surface area (TPSA) is 260 Å². The van der Waals surface area contributed by atoms with E-state index in [1.807, 2.05) is 0 Å². The van der Waals surface area contributed by atoms with Crippen molar-refractivity contribution in [3.8, 4) is 0 Å². The molecule has 4 heterocycles. The van der Waals surface area contributed by atoms with Crippen LogP contribution in [0.2, 0.25) is 0 Å². The Kier molecular flexibility index (Phi) is 11.4. The lowest BCUT2D eigenvalue weighted by atomic mass is 9.45. The molecule has 318 valence electrons. The van der Waals surface area contributed by atoms with Crippen molar-refractivity contribution in [1.82, 2.24) is 9.97 Å². The fourth-order valence-electron chi connectivity index (χ4n) is 9.41. The van der Waals surface area contributed by atoms with E-state index in [1.165, 1.54) is 56.7 Å². The molecule has 6 rings (SSSR count). The van der Waals surface area contributed by atoms with Crippen LogP contribution >= 0.6 is 0 Å². The van der Waals surface area contributed by atoms with Gasteiger partial charge in [-0.25, -0.2) is 9.59 Å². The molecule has 2 aromatic heterocycles. The number of hydrogen-bond donors (Lipinski definition) is 2. The highest BCUT2D eigenvalue weighted by Gasteiger charge is 2.91. The minimum atomic E-state index is -2.82. The van der Waals surface area contributed by atoms with Crippen molar-refractivity contribution >= 4 is 41.8 Å². The molecule has 4 bridgehead atoms. The molecule has 1 saturated heterocycles. The SMILES string of the molecule is CC(=O)OC[C@]12[C@H](O)[C@H](OC(=O)c3cccnc3)[C@@H]3[C@@H](OC(C)=O)[C@@]14O[C@@]3(C)COC(=O)c1cccnc1[C@@H](C)[C@H](C)C(=O)O[C@@H]([C@H](OC(C)=O)[C@@H]2OC(C)=O)[C@]4(C)O. The summed E-state index contributed by atoms with van der Waals surface area (Å²) >= 11 is 0. The summed E-state index contributed by atoms with van der Waals surface area (Å²) in [6.07, 6.45) is -8.40. The van der Waals surface area contributed by atoms with Crippen molar-refractivity contribution in [2.24, 2.45) is 17.3 Å². The molecule has 2 aliphatic heterocycles. The fourth-order valence-corrected chi connectivity index (χ4v) is 9.41. The number of aliphatic hydroxyl groups is 2. The lowest BCUT2D eigenvalue weighted by molar-refractivity contribution is -0.386. The summed E-state index contributed by atoms with van der Waals surface area (Å²) in [6.45, 7) is 7.65. The number of aliphatic hydroxyl groups excluding tert-OH is 1. The summed E-state index contributed by atoms with van der Waals surface area (Å²) in [7, 11) is 0. The van der Waals surface area contributed by atoms with Crippen molar-refractivity contribution in [2.75, 3.05) is 13.2 Å². The van der Waals surface area contributed by atoms with Crippen LogP contribution < -0.4 is 0 Å². The minimum Gasteiger partial charge on any atom is -0.465 e. The fraction of sp³-hybridized carbons (Fsp3) is 0.575. The van der Waals surface area contributed by atoms with Crippen molar-refractivity contribution in [2.45, 2.75) is 115 Å². The van der Waals surface area contributed by atoms with Crippen molar-refractivity contribution in [3.05, 3.63) is 59.7 Å². The van der Waals surface area contributed by atoms with E-state index < -0.39 is 132 Å². The monoisotopic (exact) mass is 826 g/mol. The summed E-state index contributed by atoms with van der Waals surface area (Å²) in [4.78, 5) is 103. The highest BCUT2D eigenvalue weighted by molar-refractivity contribution is 5.91. The van der Waals surface area contributed by atoms with Gasteiger partial charge in [0.1, 0.15) is 48.1 Å². The molecule has 4 aliphatic rings. The van der Waals surface area contributed by atoms with E-state index in [4.69, 9.17) is 37.9 Å². The van der Waals surface area contributed by atoms with E-state index in [2.05, 4.69) is 9.97 Å². The van der Waals surface area contributed by atoms with Crippen LogP contribution in [-0.4, -0.2) is 129 Å². The van der Waals surface area contributed by atoms with Crippen LogP contribution in [0.15, 0.2) is 42.9 Å². The first-order valence-corrected chi connectivity index (χ1v) is 18.8. The summed E-state index contributed by atoms with van der Waals surface area (Å²) < 4.78 is 48.4. The first-order valence-electron chi connectivity index (χ1n) is 18.8. The molecule has 0 radical (unpaired) electrons. The molecular formula is C40H46N2O17. The number of carbonyl (C=O) groups excluding carboxylic acids is 7. The predicted octanol–water partition coefficient (Wildman–Crippen LogP) is 1.15. The Morgan fingerprint density at radius 3 is 2.10 bits per heavy atom. The van der Waals surface area contributed by atoms with Gasteiger partial charge >= 0.3 is 41.8 Å². The number of fused-ring (bicyclic) bond motifs is 5. The van der Waals surface area contributed by atoms with Gasteiger partial charge in [-0.05, 0) is 38.1 Å². The zero-order chi connectivity index (χ0) is 43.4. The van der Waals surface area contributed by atoms with Crippen LogP contribution in [0.3, 0.4) is 0 Å². The number of rotatable bonds is 7. The summed E-state index contributed by atoms with van der Waals surface area (Å²) in [5.74, 6) is -10.7. The molecule has 0 aromatic carbocycles. The Morgan fingerprint density at radius 2 is 1.49 bits per heavy atom. The smallest absolute Gasteiger partial charge is 0.340 e. The second-order valence-electron chi connectivity index (χ2n) is 15.8. The maximum absolute atomic E-state index is 14.4. The summed E-state index contributed by atoms with van der Waals surface area (Å²) in [6, 6.07) is 5.69. The second kappa shape index (κ2) is 15.6. The first kappa shape index (κ1) is 43.1. The van der Waals surface area contributed by atoms with Gasteiger partial charge < -0.3 is 48.1 Å². The van der Waals surface area contributed by atoms with Crippen LogP contribution in [0.4, 0.5) is 0 Å². The molecule has 0 amide bonds. The Balaban J connectivity index is 1.74. The van der Waals surface area contributed by atoms with E-state index in [1.54, 1.807) is 6.92 Å². The number of nitrogens with zero attached hydrogens (tertiary/aromatic N) is 2. The normalized spacial score (nSPS) is 37.4. The lowest BCUT2D eigenvalue weighted by Gasteiger charge is -2.67. The van der Waals surface area contributed by atoms with Gasteiger partial charge in [-0.15, -0.1) is 0 Å². The zero-order valence-corrected chi connectivity index (χ0v) is 33.6. The third-order valence-electron chi connectivity index (χ3n) is 12.0. The first-order chi connectivity index (χ1) is 27.6. The number of pyridine rings is 2.